The second-order valence-corrected chi connectivity index (χ2v) is 9.30. The highest BCUT2D eigenvalue weighted by molar-refractivity contribution is 6.06. The van der Waals surface area contributed by atoms with Crippen molar-refractivity contribution in [3.8, 4) is 23.1 Å². The Hall–Kier alpha value is -4.98. The lowest BCUT2D eigenvalue weighted by atomic mass is 10.0. The molecule has 0 aliphatic carbocycles. The Bertz CT molecular complexity index is 1650. The first-order chi connectivity index (χ1) is 19.4. The number of fused-ring (bicyclic) bond motifs is 1. The highest BCUT2D eigenvalue weighted by Crippen LogP contribution is 2.25. The number of nitrogens with zero attached hydrogens (tertiary/aromatic N) is 3. The van der Waals surface area contributed by atoms with Crippen LogP contribution in [0.5, 0.6) is 0 Å². The Kier molecular flexibility index (Phi) is 9.14. The number of aromatic nitrogens is 2. The number of likely N-dealkylation sites (tertiary alicyclic amines) is 1. The summed E-state index contributed by atoms with van der Waals surface area (Å²) in [5.74, 6) is 10.2. The molecule has 1 atom stereocenters. The molecule has 2 aromatic heterocycles. The molecule has 10 nitrogen and oxygen atoms in total. The lowest BCUT2D eigenvalue weighted by Gasteiger charge is -2.32. The van der Waals surface area contributed by atoms with Crippen LogP contribution in [-0.2, 0) is 4.79 Å². The molecule has 2 aromatic carbocycles. The minimum absolute atomic E-state index is 0. The number of benzene rings is 2. The predicted octanol–water partition coefficient (Wildman–Crippen LogP) is 4.19. The van der Waals surface area contributed by atoms with Gasteiger partial charge in [0.2, 0.25) is 0 Å². The fourth-order valence-corrected chi connectivity index (χ4v) is 4.61. The van der Waals surface area contributed by atoms with Crippen molar-refractivity contribution < 1.29 is 19.5 Å². The van der Waals surface area contributed by atoms with Crippen LogP contribution >= 0.6 is 12.4 Å². The number of nitrogens with one attached hydrogen (secondary N) is 2. The van der Waals surface area contributed by atoms with Gasteiger partial charge in [0, 0.05) is 46.7 Å². The fourth-order valence-electron chi connectivity index (χ4n) is 4.61. The standard InChI is InChI=1S/C30H26N6O4.ClH/c31-35-28(37)23-17-26(34-25-14-15-32-18-24(23)25)21-10-6-19(7-11-21)4-5-20-8-12-22(13-9-20)33-30(40)36-16-2-1-3-27(36)29(38)39;/h6-15,17-18,27H,1-3,16,31H2,(H,33,40)(H,35,37)(H,38,39);1H. The monoisotopic (exact) mass is 570 g/mol. The van der Waals surface area contributed by atoms with E-state index in [1.807, 2.05) is 24.3 Å². The van der Waals surface area contributed by atoms with Crippen molar-refractivity contribution >= 4 is 46.9 Å². The molecule has 0 saturated carbocycles. The van der Waals surface area contributed by atoms with E-state index in [4.69, 9.17) is 5.84 Å². The zero-order valence-corrected chi connectivity index (χ0v) is 22.6. The molecule has 5 N–H and O–H groups in total. The number of hydrogen-bond donors (Lipinski definition) is 4. The molecule has 0 spiro atoms. The lowest BCUT2D eigenvalue weighted by Crippen LogP contribution is -2.49. The van der Waals surface area contributed by atoms with Gasteiger partial charge in [0.1, 0.15) is 6.04 Å². The van der Waals surface area contributed by atoms with E-state index < -0.39 is 23.9 Å². The van der Waals surface area contributed by atoms with Crippen LogP contribution in [0, 0.1) is 11.8 Å². The number of aliphatic carboxylic acids is 1. The number of nitrogen functional groups attached to an aromatic ring is 1. The number of hydrogen-bond acceptors (Lipinski definition) is 6. The number of carbonyl (C=O) groups is 3. The van der Waals surface area contributed by atoms with Gasteiger partial charge in [0.05, 0.1) is 16.8 Å². The second kappa shape index (κ2) is 12.9. The van der Waals surface area contributed by atoms with Crippen LogP contribution in [0.1, 0.15) is 40.7 Å². The lowest BCUT2D eigenvalue weighted by molar-refractivity contribution is -0.143. The van der Waals surface area contributed by atoms with Crippen molar-refractivity contribution in [3.63, 3.8) is 0 Å². The number of halogens is 1. The summed E-state index contributed by atoms with van der Waals surface area (Å²) in [5.41, 5.74) is 6.73. The molecule has 0 bridgehead atoms. The quantitative estimate of drug-likeness (QED) is 0.124. The summed E-state index contributed by atoms with van der Waals surface area (Å²) in [5, 5.41) is 12.8. The van der Waals surface area contributed by atoms with Gasteiger partial charge < -0.3 is 15.3 Å². The molecule has 3 heterocycles. The van der Waals surface area contributed by atoms with Crippen molar-refractivity contribution in [2.24, 2.45) is 5.84 Å². The van der Waals surface area contributed by atoms with Gasteiger partial charge >= 0.3 is 12.0 Å². The molecule has 3 amide bonds. The topological polar surface area (TPSA) is 151 Å². The van der Waals surface area contributed by atoms with E-state index in [1.54, 1.807) is 48.8 Å². The molecule has 1 unspecified atom stereocenters. The number of nitrogens with two attached hydrogens (primary N) is 1. The van der Waals surface area contributed by atoms with Gasteiger partial charge in [-0.3, -0.25) is 15.2 Å². The Labute approximate surface area is 242 Å². The van der Waals surface area contributed by atoms with Crippen LogP contribution in [0.25, 0.3) is 22.2 Å². The number of piperidine rings is 1. The molecule has 4 aromatic rings. The number of hydrazine groups is 1. The number of urea groups is 1. The number of carbonyl (C=O) groups excluding carboxylic acids is 2. The fraction of sp³-hybridized carbons (Fsp3) is 0.167. The van der Waals surface area contributed by atoms with Crippen molar-refractivity contribution in [2.75, 3.05) is 11.9 Å². The van der Waals surface area contributed by atoms with Gasteiger partial charge in [-0.1, -0.05) is 24.0 Å². The van der Waals surface area contributed by atoms with Crippen LogP contribution in [0.15, 0.2) is 73.1 Å². The molecule has 1 fully saturated rings. The molecule has 0 radical (unpaired) electrons. The summed E-state index contributed by atoms with van der Waals surface area (Å²) in [6.07, 6.45) is 5.24. The molecule has 5 rings (SSSR count). The zero-order chi connectivity index (χ0) is 28.1. The number of anilines is 1. The van der Waals surface area contributed by atoms with E-state index in [0.29, 0.717) is 40.8 Å². The molecule has 11 heteroatoms. The average molecular weight is 571 g/mol. The van der Waals surface area contributed by atoms with Gasteiger partial charge in [-0.15, -0.1) is 12.4 Å². The summed E-state index contributed by atoms with van der Waals surface area (Å²) < 4.78 is 0. The zero-order valence-electron chi connectivity index (χ0n) is 21.8. The summed E-state index contributed by atoms with van der Waals surface area (Å²) in [7, 11) is 0. The molecular weight excluding hydrogens is 544 g/mol. The third kappa shape index (κ3) is 6.61. The molecular formula is C30H27ClN6O4. The maximum absolute atomic E-state index is 12.6. The van der Waals surface area contributed by atoms with E-state index in [1.165, 1.54) is 4.90 Å². The van der Waals surface area contributed by atoms with Crippen molar-refractivity contribution in [2.45, 2.75) is 25.3 Å². The summed E-state index contributed by atoms with van der Waals surface area (Å²) in [4.78, 5) is 46.5. The van der Waals surface area contributed by atoms with E-state index in [0.717, 1.165) is 29.5 Å². The van der Waals surface area contributed by atoms with Crippen LogP contribution in [0.3, 0.4) is 0 Å². The van der Waals surface area contributed by atoms with Crippen LogP contribution in [0.4, 0.5) is 10.5 Å². The molecule has 1 aliphatic rings. The van der Waals surface area contributed by atoms with Gasteiger partial charge in [0.25, 0.3) is 5.91 Å². The van der Waals surface area contributed by atoms with Gasteiger partial charge in [-0.25, -0.2) is 20.4 Å². The van der Waals surface area contributed by atoms with Gasteiger partial charge in [0.15, 0.2) is 0 Å². The minimum Gasteiger partial charge on any atom is -0.480 e. The van der Waals surface area contributed by atoms with Gasteiger partial charge in [-0.05, 0) is 67.8 Å². The number of rotatable bonds is 4. The summed E-state index contributed by atoms with van der Waals surface area (Å²) >= 11 is 0. The van der Waals surface area contributed by atoms with Crippen LogP contribution in [0.2, 0.25) is 0 Å². The number of carboxylic acid groups (broad SMARTS) is 1. The highest BCUT2D eigenvalue weighted by atomic mass is 35.5. The second-order valence-electron chi connectivity index (χ2n) is 9.30. The van der Waals surface area contributed by atoms with E-state index in [2.05, 4.69) is 32.6 Å². The molecule has 1 aliphatic heterocycles. The largest absolute Gasteiger partial charge is 0.480 e. The summed E-state index contributed by atoms with van der Waals surface area (Å²) in [6.45, 7) is 0.420. The van der Waals surface area contributed by atoms with Crippen LogP contribution in [-0.4, -0.2) is 50.5 Å². The highest BCUT2D eigenvalue weighted by Gasteiger charge is 2.31. The minimum atomic E-state index is -0.983. The first kappa shape index (κ1) is 29.0. The van der Waals surface area contributed by atoms with Crippen molar-refractivity contribution in [3.05, 3.63) is 89.7 Å². The SMILES string of the molecule is Cl.NNC(=O)c1cc(-c2ccc(C#Cc3ccc(NC(=O)N4CCCCC4C(=O)O)cc3)cc2)nc2ccncc12. The molecule has 208 valence electrons. The normalized spacial score (nSPS) is 14.3. The summed E-state index contributed by atoms with van der Waals surface area (Å²) in [6, 6.07) is 16.8. The van der Waals surface area contributed by atoms with E-state index in [-0.39, 0.29) is 12.4 Å². The number of amides is 3. The maximum atomic E-state index is 12.6. The molecule has 41 heavy (non-hydrogen) atoms. The Morgan fingerprint density at radius 1 is 0.976 bits per heavy atom. The third-order valence-electron chi connectivity index (χ3n) is 6.70. The maximum Gasteiger partial charge on any atom is 0.326 e. The first-order valence-electron chi connectivity index (χ1n) is 12.7. The number of pyridine rings is 2. The average Bonchev–Trinajstić information content (AvgIpc) is 3.00. The van der Waals surface area contributed by atoms with Crippen LogP contribution < -0.4 is 16.6 Å². The Balaban J connectivity index is 0.00000387. The van der Waals surface area contributed by atoms with Crippen molar-refractivity contribution in [1.82, 2.24) is 20.3 Å². The van der Waals surface area contributed by atoms with E-state index >= 15 is 0 Å². The molecule has 1 saturated heterocycles. The van der Waals surface area contributed by atoms with E-state index in [9.17, 15) is 19.5 Å². The predicted molar refractivity (Wildman–Crippen MR) is 157 cm³/mol. The third-order valence-corrected chi connectivity index (χ3v) is 6.70. The van der Waals surface area contributed by atoms with Crippen molar-refractivity contribution in [1.29, 1.82) is 0 Å². The first-order valence-corrected chi connectivity index (χ1v) is 12.7. The Morgan fingerprint density at radius 3 is 2.32 bits per heavy atom. The Morgan fingerprint density at radius 2 is 1.66 bits per heavy atom. The van der Waals surface area contributed by atoms with Gasteiger partial charge in [-0.2, -0.15) is 0 Å². The number of carboxylic acids is 1. The smallest absolute Gasteiger partial charge is 0.326 e.